The van der Waals surface area contributed by atoms with E-state index in [1.165, 1.54) is 22.2 Å². The molecule has 20 heavy (non-hydrogen) atoms. The van der Waals surface area contributed by atoms with E-state index in [0.29, 0.717) is 0 Å². The second-order valence-electron chi connectivity index (χ2n) is 5.23. The molecular formula is C19H23N. The lowest BCUT2D eigenvalue weighted by atomic mass is 9.91. The van der Waals surface area contributed by atoms with Crippen LogP contribution in [0.2, 0.25) is 0 Å². The Morgan fingerprint density at radius 3 is 2.80 bits per heavy atom. The minimum atomic E-state index is 0.205. The SMILES string of the molecule is C#CC(CCCC=C)c1c(CC)n(C)c2ccccc12. The number of benzene rings is 1. The Kier molecular flexibility index (Phi) is 4.69. The van der Waals surface area contributed by atoms with Crippen LogP contribution in [0.25, 0.3) is 10.9 Å². The van der Waals surface area contributed by atoms with E-state index in [-0.39, 0.29) is 5.92 Å². The Hall–Kier alpha value is -1.94. The number of allylic oxidation sites excluding steroid dienone is 1. The largest absolute Gasteiger partial charge is 0.347 e. The lowest BCUT2D eigenvalue weighted by Gasteiger charge is -2.13. The van der Waals surface area contributed by atoms with Crippen LogP contribution in [-0.4, -0.2) is 4.57 Å². The molecule has 1 unspecified atom stereocenters. The van der Waals surface area contributed by atoms with Gasteiger partial charge in [0, 0.05) is 29.6 Å². The lowest BCUT2D eigenvalue weighted by molar-refractivity contribution is 0.690. The molecule has 2 rings (SSSR count). The van der Waals surface area contributed by atoms with Crippen LogP contribution in [0.4, 0.5) is 0 Å². The van der Waals surface area contributed by atoms with Crippen molar-refractivity contribution in [2.75, 3.05) is 0 Å². The fourth-order valence-electron chi connectivity index (χ4n) is 3.07. The molecule has 0 aliphatic carbocycles. The van der Waals surface area contributed by atoms with Crippen molar-refractivity contribution in [3.63, 3.8) is 0 Å². The summed E-state index contributed by atoms with van der Waals surface area (Å²) >= 11 is 0. The van der Waals surface area contributed by atoms with Crippen LogP contribution in [0, 0.1) is 12.3 Å². The number of para-hydroxylation sites is 1. The number of terminal acetylenes is 1. The number of hydrogen-bond donors (Lipinski definition) is 0. The summed E-state index contributed by atoms with van der Waals surface area (Å²) in [5.74, 6) is 3.21. The van der Waals surface area contributed by atoms with Crippen molar-refractivity contribution in [3.05, 3.63) is 48.2 Å². The Morgan fingerprint density at radius 1 is 1.40 bits per heavy atom. The molecule has 1 nitrogen and oxygen atoms in total. The molecular weight excluding hydrogens is 242 g/mol. The van der Waals surface area contributed by atoms with Gasteiger partial charge in [0.05, 0.1) is 0 Å². The van der Waals surface area contributed by atoms with Gasteiger partial charge in [0.25, 0.3) is 0 Å². The van der Waals surface area contributed by atoms with Crippen molar-refractivity contribution in [3.8, 4) is 12.3 Å². The highest BCUT2D eigenvalue weighted by Gasteiger charge is 2.19. The number of aromatic nitrogens is 1. The molecule has 0 spiro atoms. The molecule has 1 atom stereocenters. The highest BCUT2D eigenvalue weighted by atomic mass is 14.9. The van der Waals surface area contributed by atoms with E-state index in [1.54, 1.807) is 0 Å². The highest BCUT2D eigenvalue weighted by Crippen LogP contribution is 2.34. The zero-order chi connectivity index (χ0) is 14.5. The zero-order valence-corrected chi connectivity index (χ0v) is 12.5. The smallest absolute Gasteiger partial charge is 0.0483 e. The zero-order valence-electron chi connectivity index (χ0n) is 12.5. The summed E-state index contributed by atoms with van der Waals surface area (Å²) < 4.78 is 2.29. The van der Waals surface area contributed by atoms with Crippen LogP contribution in [0.1, 0.15) is 43.4 Å². The molecule has 0 aliphatic heterocycles. The van der Waals surface area contributed by atoms with Gasteiger partial charge in [0.15, 0.2) is 0 Å². The second-order valence-corrected chi connectivity index (χ2v) is 5.23. The Morgan fingerprint density at radius 2 is 2.15 bits per heavy atom. The molecule has 0 fully saturated rings. The van der Waals surface area contributed by atoms with Gasteiger partial charge >= 0.3 is 0 Å². The van der Waals surface area contributed by atoms with Gasteiger partial charge in [0.2, 0.25) is 0 Å². The minimum Gasteiger partial charge on any atom is -0.347 e. The fraction of sp³-hybridized carbons (Fsp3) is 0.368. The predicted molar refractivity (Wildman–Crippen MR) is 87.9 cm³/mol. The van der Waals surface area contributed by atoms with Crippen molar-refractivity contribution < 1.29 is 0 Å². The van der Waals surface area contributed by atoms with Crippen LogP contribution < -0.4 is 0 Å². The number of unbranched alkanes of at least 4 members (excludes halogenated alkanes) is 1. The van der Waals surface area contributed by atoms with Crippen LogP contribution >= 0.6 is 0 Å². The predicted octanol–water partition coefficient (Wildman–Crippen LogP) is 4.81. The van der Waals surface area contributed by atoms with Gasteiger partial charge in [-0.15, -0.1) is 13.0 Å². The van der Waals surface area contributed by atoms with E-state index >= 15 is 0 Å². The third-order valence-electron chi connectivity index (χ3n) is 4.06. The van der Waals surface area contributed by atoms with E-state index in [9.17, 15) is 0 Å². The number of aryl methyl sites for hydroxylation is 1. The summed E-state index contributed by atoms with van der Waals surface area (Å²) in [5, 5.41) is 1.31. The van der Waals surface area contributed by atoms with Crippen molar-refractivity contribution in [1.82, 2.24) is 4.57 Å². The van der Waals surface area contributed by atoms with Gasteiger partial charge in [-0.05, 0) is 37.3 Å². The fourth-order valence-corrected chi connectivity index (χ4v) is 3.07. The van der Waals surface area contributed by atoms with Gasteiger partial charge < -0.3 is 4.57 Å². The van der Waals surface area contributed by atoms with Crippen molar-refractivity contribution in [2.24, 2.45) is 7.05 Å². The first-order valence-electron chi connectivity index (χ1n) is 7.37. The molecule has 0 saturated carbocycles. The van der Waals surface area contributed by atoms with Gasteiger partial charge in [-0.2, -0.15) is 0 Å². The Labute approximate surface area is 122 Å². The van der Waals surface area contributed by atoms with E-state index in [1.807, 2.05) is 6.08 Å². The minimum absolute atomic E-state index is 0.205. The quantitative estimate of drug-likeness (QED) is 0.401. The third-order valence-corrected chi connectivity index (χ3v) is 4.06. The summed E-state index contributed by atoms with van der Waals surface area (Å²) in [7, 11) is 2.14. The molecule has 0 bridgehead atoms. The number of fused-ring (bicyclic) bond motifs is 1. The average molecular weight is 265 g/mol. The molecule has 1 aromatic carbocycles. The summed E-state index contributed by atoms with van der Waals surface area (Å²) in [6.45, 7) is 5.99. The number of hydrogen-bond acceptors (Lipinski definition) is 0. The summed E-state index contributed by atoms with van der Waals surface area (Å²) in [6, 6.07) is 8.56. The first-order valence-corrected chi connectivity index (χ1v) is 7.37. The standard InChI is InChI=1S/C19H23N/c1-5-8-9-12-15(6-2)19-16-13-10-11-14-18(16)20(4)17(19)7-3/h2,5,10-11,13-15H,1,7-9,12H2,3-4H3. The highest BCUT2D eigenvalue weighted by molar-refractivity contribution is 5.86. The molecule has 1 heteroatoms. The van der Waals surface area contributed by atoms with Gasteiger partial charge in [-0.25, -0.2) is 0 Å². The summed E-state index contributed by atoms with van der Waals surface area (Å²) in [6.07, 6.45) is 12.0. The number of rotatable bonds is 6. The first-order chi connectivity index (χ1) is 9.74. The lowest BCUT2D eigenvalue weighted by Crippen LogP contribution is -2.02. The Bertz CT molecular complexity index is 640. The topological polar surface area (TPSA) is 4.93 Å². The van der Waals surface area contributed by atoms with E-state index in [0.717, 1.165) is 25.7 Å². The molecule has 1 heterocycles. The Balaban J connectivity index is 2.50. The molecule has 0 amide bonds. The van der Waals surface area contributed by atoms with Gasteiger partial charge in [-0.1, -0.05) is 37.1 Å². The monoisotopic (exact) mass is 265 g/mol. The molecule has 0 saturated heterocycles. The molecule has 1 aromatic heterocycles. The number of nitrogens with zero attached hydrogens (tertiary/aromatic N) is 1. The van der Waals surface area contributed by atoms with Gasteiger partial charge in [-0.3, -0.25) is 0 Å². The maximum Gasteiger partial charge on any atom is 0.0483 e. The van der Waals surface area contributed by atoms with Crippen LogP contribution in [-0.2, 0) is 13.5 Å². The van der Waals surface area contributed by atoms with Crippen LogP contribution in [0.5, 0.6) is 0 Å². The molecule has 0 radical (unpaired) electrons. The third kappa shape index (κ3) is 2.51. The van der Waals surface area contributed by atoms with Crippen molar-refractivity contribution in [1.29, 1.82) is 0 Å². The van der Waals surface area contributed by atoms with E-state index in [2.05, 4.69) is 55.3 Å². The second kappa shape index (κ2) is 6.48. The molecule has 0 aliphatic rings. The normalized spacial score (nSPS) is 12.2. The first kappa shape index (κ1) is 14.5. The van der Waals surface area contributed by atoms with Crippen molar-refractivity contribution in [2.45, 2.75) is 38.5 Å². The van der Waals surface area contributed by atoms with Crippen LogP contribution in [0.3, 0.4) is 0 Å². The summed E-state index contributed by atoms with van der Waals surface area (Å²) in [5.41, 5.74) is 4.01. The maximum absolute atomic E-state index is 5.83. The average Bonchev–Trinajstić information content (AvgIpc) is 2.77. The van der Waals surface area contributed by atoms with Gasteiger partial charge in [0.1, 0.15) is 0 Å². The molecule has 2 aromatic rings. The van der Waals surface area contributed by atoms with Crippen molar-refractivity contribution >= 4 is 10.9 Å². The molecule has 0 N–H and O–H groups in total. The maximum atomic E-state index is 5.83. The summed E-state index contributed by atoms with van der Waals surface area (Å²) in [4.78, 5) is 0. The molecule has 104 valence electrons. The van der Waals surface area contributed by atoms with E-state index in [4.69, 9.17) is 6.42 Å². The van der Waals surface area contributed by atoms with E-state index < -0.39 is 0 Å². The van der Waals surface area contributed by atoms with Crippen LogP contribution in [0.15, 0.2) is 36.9 Å².